The number of halogens is 2. The van der Waals surface area contributed by atoms with Crippen LogP contribution in [0.15, 0.2) is 30.3 Å². The van der Waals surface area contributed by atoms with Gasteiger partial charge in [-0.3, -0.25) is 4.79 Å². The number of carbonyl (C=O) groups is 1. The molecule has 32 heavy (non-hydrogen) atoms. The third-order valence-corrected chi connectivity index (χ3v) is 6.59. The van der Waals surface area contributed by atoms with Crippen LogP contribution in [0.2, 0.25) is 10.0 Å². The summed E-state index contributed by atoms with van der Waals surface area (Å²) >= 11 is 12.0. The lowest BCUT2D eigenvalue weighted by molar-refractivity contribution is -0.00200. The number of hydrogen-bond donors (Lipinski definition) is 3. The van der Waals surface area contributed by atoms with Gasteiger partial charge in [0.05, 0.1) is 10.6 Å². The molecule has 2 aromatic rings. The van der Waals surface area contributed by atoms with Gasteiger partial charge in [0.1, 0.15) is 35.6 Å². The van der Waals surface area contributed by atoms with Gasteiger partial charge in [-0.05, 0) is 29.8 Å². The Morgan fingerprint density at radius 3 is 2.75 bits per heavy atom. The smallest absolute Gasteiger partial charge is 0.254 e. The monoisotopic (exact) mass is 480 g/mol. The van der Waals surface area contributed by atoms with E-state index in [0.717, 1.165) is 48.7 Å². The highest BCUT2D eigenvalue weighted by Crippen LogP contribution is 2.42. The normalized spacial score (nSPS) is 18.1. The molecule has 2 aliphatic heterocycles. The van der Waals surface area contributed by atoms with E-state index in [1.807, 2.05) is 18.2 Å². The third kappa shape index (κ3) is 4.91. The Hall–Kier alpha value is -2.19. The van der Waals surface area contributed by atoms with E-state index in [2.05, 4.69) is 10.2 Å². The molecule has 1 amide bonds. The summed E-state index contributed by atoms with van der Waals surface area (Å²) in [6, 6.07) is 8.38. The lowest BCUT2D eigenvalue weighted by atomic mass is 9.87. The van der Waals surface area contributed by atoms with E-state index in [4.69, 9.17) is 32.7 Å². The van der Waals surface area contributed by atoms with Gasteiger partial charge in [-0.1, -0.05) is 23.2 Å². The Morgan fingerprint density at radius 1 is 1.28 bits per heavy atom. The number of carbonyl (C=O) groups excluding carboxylic acids is 1. The average Bonchev–Trinajstić information content (AvgIpc) is 3.12. The van der Waals surface area contributed by atoms with E-state index < -0.39 is 12.0 Å². The van der Waals surface area contributed by atoms with Crippen molar-refractivity contribution in [2.24, 2.45) is 0 Å². The second-order valence-electron chi connectivity index (χ2n) is 8.36. The fourth-order valence-electron chi connectivity index (χ4n) is 4.34. The quantitative estimate of drug-likeness (QED) is 0.587. The number of aromatic hydroxyl groups is 1. The number of aliphatic hydroxyl groups is 1. The standard InChI is InChI=1S/C23H26Cl2N2O5/c1-26-22(30)17-9-18(25)19(29)10-21(17)31-13-16(28)12-27-6-4-23(5-7-27)11-14-8-15(24)2-3-20(14)32-23/h2-3,8-10,16,28-29H,4-7,11-13H2,1H3,(H,26,30)/t16-/m1/s1. The number of fused-ring (bicyclic) bond motifs is 1. The molecule has 1 spiro atoms. The molecule has 2 aromatic carbocycles. The van der Waals surface area contributed by atoms with Crippen LogP contribution in [-0.2, 0) is 6.42 Å². The zero-order valence-electron chi connectivity index (χ0n) is 17.7. The zero-order valence-corrected chi connectivity index (χ0v) is 19.2. The van der Waals surface area contributed by atoms with Crippen molar-refractivity contribution in [2.75, 3.05) is 33.3 Å². The first-order valence-corrected chi connectivity index (χ1v) is 11.3. The van der Waals surface area contributed by atoms with E-state index in [9.17, 15) is 15.0 Å². The van der Waals surface area contributed by atoms with E-state index in [-0.39, 0.29) is 34.3 Å². The number of benzene rings is 2. The fourth-order valence-corrected chi connectivity index (χ4v) is 4.69. The maximum atomic E-state index is 12.1. The minimum Gasteiger partial charge on any atom is -0.506 e. The number of rotatable bonds is 6. The van der Waals surface area contributed by atoms with Gasteiger partial charge >= 0.3 is 0 Å². The van der Waals surface area contributed by atoms with Gasteiger partial charge < -0.3 is 29.9 Å². The molecular formula is C23H26Cl2N2O5. The highest BCUT2D eigenvalue weighted by Gasteiger charge is 2.42. The number of likely N-dealkylation sites (tertiary alicyclic amines) is 1. The summed E-state index contributed by atoms with van der Waals surface area (Å²) in [4.78, 5) is 14.2. The molecule has 0 radical (unpaired) electrons. The number of phenols is 1. The maximum absolute atomic E-state index is 12.1. The van der Waals surface area contributed by atoms with E-state index in [0.29, 0.717) is 6.54 Å². The summed E-state index contributed by atoms with van der Waals surface area (Å²) in [6.07, 6.45) is 1.81. The van der Waals surface area contributed by atoms with Crippen LogP contribution in [0.1, 0.15) is 28.8 Å². The predicted molar refractivity (Wildman–Crippen MR) is 122 cm³/mol. The van der Waals surface area contributed by atoms with Crippen LogP contribution in [0.3, 0.4) is 0 Å². The Labute approximate surface area is 196 Å². The van der Waals surface area contributed by atoms with Crippen molar-refractivity contribution in [2.45, 2.75) is 31.0 Å². The molecule has 1 fully saturated rings. The van der Waals surface area contributed by atoms with Crippen molar-refractivity contribution in [3.8, 4) is 17.2 Å². The number of β-amino-alcohol motifs (C(OH)–C–C–N with tert-alkyl or cyclic N) is 1. The summed E-state index contributed by atoms with van der Waals surface area (Å²) in [6.45, 7) is 2.00. The van der Waals surface area contributed by atoms with E-state index in [1.165, 1.54) is 19.2 Å². The summed E-state index contributed by atoms with van der Waals surface area (Å²) in [7, 11) is 1.49. The number of aliphatic hydroxyl groups excluding tert-OH is 1. The molecule has 4 rings (SSSR count). The van der Waals surface area contributed by atoms with Gasteiger partial charge in [0.2, 0.25) is 0 Å². The van der Waals surface area contributed by atoms with Crippen LogP contribution in [0, 0.1) is 0 Å². The van der Waals surface area contributed by atoms with Crippen LogP contribution < -0.4 is 14.8 Å². The summed E-state index contributed by atoms with van der Waals surface area (Å²) < 4.78 is 11.9. The largest absolute Gasteiger partial charge is 0.506 e. The number of piperidine rings is 1. The molecule has 0 bridgehead atoms. The number of amides is 1. The fraction of sp³-hybridized carbons (Fsp3) is 0.435. The molecule has 2 aliphatic rings. The molecule has 0 aromatic heterocycles. The summed E-state index contributed by atoms with van der Waals surface area (Å²) in [5.41, 5.74) is 1.15. The van der Waals surface area contributed by atoms with Gasteiger partial charge in [-0.25, -0.2) is 0 Å². The van der Waals surface area contributed by atoms with Gasteiger partial charge in [0.15, 0.2) is 0 Å². The minimum absolute atomic E-state index is 0.0207. The van der Waals surface area contributed by atoms with Gasteiger partial charge in [0.25, 0.3) is 5.91 Å². The highest BCUT2D eigenvalue weighted by molar-refractivity contribution is 6.32. The van der Waals surface area contributed by atoms with Crippen LogP contribution in [0.5, 0.6) is 17.2 Å². The van der Waals surface area contributed by atoms with E-state index in [1.54, 1.807) is 0 Å². The molecule has 0 unspecified atom stereocenters. The number of ether oxygens (including phenoxy) is 2. The molecule has 0 aliphatic carbocycles. The summed E-state index contributed by atoms with van der Waals surface area (Å²) in [5, 5.41) is 23.6. The molecule has 3 N–H and O–H groups in total. The van der Waals surface area contributed by atoms with Crippen LogP contribution >= 0.6 is 23.2 Å². The van der Waals surface area contributed by atoms with E-state index >= 15 is 0 Å². The van der Waals surface area contributed by atoms with Crippen molar-refractivity contribution >= 4 is 29.1 Å². The highest BCUT2D eigenvalue weighted by atomic mass is 35.5. The molecular weight excluding hydrogens is 455 g/mol. The van der Waals surface area contributed by atoms with Gasteiger partial charge in [0, 0.05) is 57.0 Å². The van der Waals surface area contributed by atoms with Crippen molar-refractivity contribution in [3.05, 3.63) is 51.5 Å². The number of nitrogens with one attached hydrogen (secondary N) is 1. The predicted octanol–water partition coefficient (Wildman–Crippen LogP) is 3.27. The molecule has 172 valence electrons. The number of nitrogens with zero attached hydrogens (tertiary/aromatic N) is 1. The van der Waals surface area contributed by atoms with Crippen molar-refractivity contribution in [3.63, 3.8) is 0 Å². The van der Waals surface area contributed by atoms with Gasteiger partial charge in [-0.2, -0.15) is 0 Å². The average molecular weight is 481 g/mol. The molecule has 1 saturated heterocycles. The van der Waals surface area contributed by atoms with Crippen molar-refractivity contribution < 1.29 is 24.5 Å². The topological polar surface area (TPSA) is 91.3 Å². The van der Waals surface area contributed by atoms with Crippen molar-refractivity contribution in [1.82, 2.24) is 10.2 Å². The first-order chi connectivity index (χ1) is 15.3. The number of hydrogen-bond acceptors (Lipinski definition) is 6. The maximum Gasteiger partial charge on any atom is 0.254 e. The van der Waals surface area contributed by atoms with Crippen molar-refractivity contribution in [1.29, 1.82) is 0 Å². The molecule has 0 saturated carbocycles. The lowest BCUT2D eigenvalue weighted by Gasteiger charge is -2.39. The minimum atomic E-state index is -0.764. The Bertz CT molecular complexity index is 1010. The molecule has 9 heteroatoms. The molecule has 2 heterocycles. The Kier molecular flexibility index (Phi) is 6.72. The molecule has 1 atom stereocenters. The first-order valence-electron chi connectivity index (χ1n) is 10.5. The van der Waals surface area contributed by atoms with Crippen LogP contribution in [0.4, 0.5) is 0 Å². The zero-order chi connectivity index (χ0) is 22.9. The molecule has 7 nitrogen and oxygen atoms in total. The SMILES string of the molecule is CNC(=O)c1cc(Cl)c(O)cc1OC[C@H](O)CN1CCC2(CC1)Cc1cc(Cl)ccc1O2. The second kappa shape index (κ2) is 9.35. The Morgan fingerprint density at radius 2 is 2.03 bits per heavy atom. The number of phenolic OH excluding ortho intramolecular Hbond substituents is 1. The Balaban J connectivity index is 1.30. The third-order valence-electron chi connectivity index (χ3n) is 6.05. The first kappa shape index (κ1) is 23.0. The van der Waals surface area contributed by atoms with Gasteiger partial charge in [-0.15, -0.1) is 0 Å². The second-order valence-corrected chi connectivity index (χ2v) is 9.20. The lowest BCUT2D eigenvalue weighted by Crippen LogP contribution is -2.49. The summed E-state index contributed by atoms with van der Waals surface area (Å²) in [5.74, 6) is 0.494. The van der Waals surface area contributed by atoms with Crippen LogP contribution in [-0.4, -0.2) is 66.0 Å². The van der Waals surface area contributed by atoms with Crippen LogP contribution in [0.25, 0.3) is 0 Å².